The quantitative estimate of drug-likeness (QED) is 0.503. The van der Waals surface area contributed by atoms with Crippen LogP contribution in [-0.4, -0.2) is 22.6 Å². The summed E-state index contributed by atoms with van der Waals surface area (Å²) in [6.07, 6.45) is 2.42. The fourth-order valence-electron chi connectivity index (χ4n) is 1.97. The van der Waals surface area contributed by atoms with Crippen molar-refractivity contribution < 1.29 is 4.74 Å². The van der Waals surface area contributed by atoms with Gasteiger partial charge in [0.1, 0.15) is 18.2 Å². The monoisotopic (exact) mass is 251 g/mol. The number of hydrazine groups is 1. The molecule has 1 aromatic rings. The number of aromatic nitrogens is 2. The van der Waals surface area contributed by atoms with Crippen LogP contribution in [0.4, 0.5) is 11.6 Å². The molecule has 0 aromatic carbocycles. The van der Waals surface area contributed by atoms with E-state index in [-0.39, 0.29) is 0 Å². The minimum atomic E-state index is 0.405. The molecule has 2 atom stereocenters. The molecule has 6 heteroatoms. The summed E-state index contributed by atoms with van der Waals surface area (Å²) in [5, 5.41) is 3.41. The lowest BCUT2D eigenvalue weighted by molar-refractivity contribution is 0.128. The Morgan fingerprint density at radius 3 is 2.78 bits per heavy atom. The highest BCUT2D eigenvalue weighted by Crippen LogP contribution is 2.35. The molecule has 0 aliphatic heterocycles. The molecule has 0 saturated heterocycles. The van der Waals surface area contributed by atoms with Crippen molar-refractivity contribution in [1.82, 2.24) is 9.97 Å². The minimum absolute atomic E-state index is 0.405. The van der Waals surface area contributed by atoms with Crippen LogP contribution in [-0.2, 0) is 11.3 Å². The van der Waals surface area contributed by atoms with Crippen molar-refractivity contribution in [1.29, 1.82) is 0 Å². The Kier molecular flexibility index (Phi) is 4.33. The van der Waals surface area contributed by atoms with Crippen molar-refractivity contribution in [2.75, 3.05) is 17.3 Å². The van der Waals surface area contributed by atoms with E-state index in [4.69, 9.17) is 10.6 Å². The second kappa shape index (κ2) is 5.97. The molecule has 1 heterocycles. The molecular formula is C12H21N5O. The average Bonchev–Trinajstić information content (AvgIpc) is 3.14. The van der Waals surface area contributed by atoms with Crippen LogP contribution in [0, 0.1) is 5.92 Å². The van der Waals surface area contributed by atoms with Gasteiger partial charge in [0.15, 0.2) is 5.82 Å². The molecule has 2 unspecified atom stereocenters. The third kappa shape index (κ3) is 3.30. The van der Waals surface area contributed by atoms with Crippen LogP contribution in [0.5, 0.6) is 0 Å². The first-order valence-corrected chi connectivity index (χ1v) is 6.45. The van der Waals surface area contributed by atoms with Gasteiger partial charge in [0.25, 0.3) is 0 Å². The Morgan fingerprint density at radius 2 is 2.17 bits per heavy atom. The van der Waals surface area contributed by atoms with Crippen LogP contribution in [0.1, 0.15) is 32.5 Å². The number of ether oxygens (including phenoxy) is 1. The normalized spacial score (nSPS) is 21.7. The molecule has 0 amide bonds. The second-order valence-corrected chi connectivity index (χ2v) is 4.49. The number of anilines is 2. The highest BCUT2D eigenvalue weighted by molar-refractivity contribution is 5.48. The Hall–Kier alpha value is -1.40. The minimum Gasteiger partial charge on any atom is -0.374 e. The van der Waals surface area contributed by atoms with Crippen LogP contribution in [0.3, 0.4) is 0 Å². The number of hydrogen-bond donors (Lipinski definition) is 3. The smallest absolute Gasteiger partial charge is 0.158 e. The van der Waals surface area contributed by atoms with Gasteiger partial charge in [0, 0.05) is 18.7 Å². The second-order valence-electron chi connectivity index (χ2n) is 4.49. The molecule has 1 saturated carbocycles. The lowest BCUT2D eigenvalue weighted by Crippen LogP contribution is -2.14. The van der Waals surface area contributed by atoms with E-state index in [0.717, 1.165) is 11.7 Å². The van der Waals surface area contributed by atoms with Gasteiger partial charge >= 0.3 is 0 Å². The predicted octanol–water partition coefficient (Wildman–Crippen LogP) is 1.51. The van der Waals surface area contributed by atoms with Crippen LogP contribution in [0.25, 0.3) is 0 Å². The van der Waals surface area contributed by atoms with Crippen molar-refractivity contribution in [3.63, 3.8) is 0 Å². The first-order chi connectivity index (χ1) is 8.76. The van der Waals surface area contributed by atoms with E-state index in [1.165, 1.54) is 12.8 Å². The largest absolute Gasteiger partial charge is 0.374 e. The number of nitrogen functional groups attached to an aromatic ring is 1. The van der Waals surface area contributed by atoms with E-state index in [1.807, 2.05) is 13.0 Å². The van der Waals surface area contributed by atoms with Gasteiger partial charge in [-0.05, 0) is 19.3 Å². The molecule has 4 N–H and O–H groups in total. The molecule has 18 heavy (non-hydrogen) atoms. The number of nitrogens with zero attached hydrogens (tertiary/aromatic N) is 2. The zero-order valence-electron chi connectivity index (χ0n) is 10.9. The fourth-order valence-corrected chi connectivity index (χ4v) is 1.97. The van der Waals surface area contributed by atoms with E-state index in [9.17, 15) is 0 Å². The van der Waals surface area contributed by atoms with Gasteiger partial charge < -0.3 is 15.5 Å². The summed E-state index contributed by atoms with van der Waals surface area (Å²) in [5.74, 6) is 8.24. The molecule has 1 fully saturated rings. The molecule has 100 valence electrons. The van der Waals surface area contributed by atoms with Crippen molar-refractivity contribution in [2.45, 2.75) is 39.3 Å². The van der Waals surface area contributed by atoms with Gasteiger partial charge in [-0.15, -0.1) is 0 Å². The van der Waals surface area contributed by atoms with Gasteiger partial charge in [0.2, 0.25) is 0 Å². The van der Waals surface area contributed by atoms with Gasteiger partial charge in [-0.25, -0.2) is 15.8 Å². The summed E-state index contributed by atoms with van der Waals surface area (Å²) in [5.41, 5.74) is 2.56. The number of hydrogen-bond acceptors (Lipinski definition) is 6. The van der Waals surface area contributed by atoms with Gasteiger partial charge in [-0.3, -0.25) is 0 Å². The summed E-state index contributed by atoms with van der Waals surface area (Å²) < 4.78 is 5.32. The standard InChI is InChI=1S/C12H21N5O/c1-3-8-5-9(8)14-10-6-11(17-13)16-12(15-10)7-18-4-2/h6,8-9H,3-5,7,13H2,1-2H3,(H2,14,15,16,17). The maximum atomic E-state index is 5.41. The topological polar surface area (TPSA) is 85.1 Å². The summed E-state index contributed by atoms with van der Waals surface area (Å²) in [6, 6.07) is 2.36. The van der Waals surface area contributed by atoms with Crippen molar-refractivity contribution in [2.24, 2.45) is 11.8 Å². The van der Waals surface area contributed by atoms with E-state index in [0.29, 0.717) is 30.9 Å². The zero-order valence-corrected chi connectivity index (χ0v) is 10.9. The molecule has 1 aliphatic rings. The third-order valence-electron chi connectivity index (χ3n) is 3.14. The van der Waals surface area contributed by atoms with E-state index in [2.05, 4.69) is 27.6 Å². The van der Waals surface area contributed by atoms with Gasteiger partial charge in [-0.1, -0.05) is 13.3 Å². The van der Waals surface area contributed by atoms with E-state index < -0.39 is 0 Å². The Labute approximate surface area is 107 Å². The average molecular weight is 251 g/mol. The lowest BCUT2D eigenvalue weighted by atomic mass is 10.3. The molecule has 0 spiro atoms. The summed E-state index contributed by atoms with van der Waals surface area (Å²) in [4.78, 5) is 8.67. The highest BCUT2D eigenvalue weighted by atomic mass is 16.5. The number of rotatable bonds is 7. The molecule has 0 bridgehead atoms. The Morgan fingerprint density at radius 1 is 1.39 bits per heavy atom. The lowest BCUT2D eigenvalue weighted by Gasteiger charge is -2.09. The van der Waals surface area contributed by atoms with Crippen molar-refractivity contribution in [3.05, 3.63) is 11.9 Å². The molecule has 2 rings (SSSR count). The highest BCUT2D eigenvalue weighted by Gasteiger charge is 2.35. The fraction of sp³-hybridized carbons (Fsp3) is 0.667. The molecule has 0 radical (unpaired) electrons. The summed E-state index contributed by atoms with van der Waals surface area (Å²) in [6.45, 7) is 5.20. The first kappa shape index (κ1) is 13.0. The van der Waals surface area contributed by atoms with E-state index >= 15 is 0 Å². The SMILES string of the molecule is CCOCc1nc(NN)cc(NC2CC2CC)n1. The van der Waals surface area contributed by atoms with Crippen LogP contribution < -0.4 is 16.6 Å². The van der Waals surface area contributed by atoms with Crippen molar-refractivity contribution >= 4 is 11.6 Å². The number of nitrogens with one attached hydrogen (secondary N) is 2. The zero-order chi connectivity index (χ0) is 13.0. The maximum absolute atomic E-state index is 5.41. The van der Waals surface area contributed by atoms with Crippen molar-refractivity contribution in [3.8, 4) is 0 Å². The molecule has 6 nitrogen and oxygen atoms in total. The molecule has 1 aliphatic carbocycles. The first-order valence-electron chi connectivity index (χ1n) is 6.45. The van der Waals surface area contributed by atoms with Crippen LogP contribution in [0.2, 0.25) is 0 Å². The van der Waals surface area contributed by atoms with Gasteiger partial charge in [0.05, 0.1) is 0 Å². The molecule has 1 aromatic heterocycles. The van der Waals surface area contributed by atoms with Gasteiger partial charge in [-0.2, -0.15) is 0 Å². The summed E-state index contributed by atoms with van der Waals surface area (Å²) in [7, 11) is 0. The van der Waals surface area contributed by atoms with E-state index in [1.54, 1.807) is 0 Å². The third-order valence-corrected chi connectivity index (χ3v) is 3.14. The Balaban J connectivity index is 2.03. The molecular weight excluding hydrogens is 230 g/mol. The number of nitrogens with two attached hydrogens (primary N) is 1. The Bertz CT molecular complexity index is 398. The summed E-state index contributed by atoms with van der Waals surface area (Å²) >= 11 is 0. The predicted molar refractivity (Wildman–Crippen MR) is 71.0 cm³/mol. The van der Waals surface area contributed by atoms with Crippen LogP contribution >= 0.6 is 0 Å². The maximum Gasteiger partial charge on any atom is 0.158 e. The van der Waals surface area contributed by atoms with Crippen LogP contribution in [0.15, 0.2) is 6.07 Å².